The minimum absolute atomic E-state index is 0.149. The number of halogens is 3. The topological polar surface area (TPSA) is 41.1 Å². The summed E-state index contributed by atoms with van der Waals surface area (Å²) in [4.78, 5) is 11.2. The maximum absolute atomic E-state index is 12.5. The smallest absolute Gasteiger partial charge is 0.382 e. The van der Waals surface area contributed by atoms with E-state index in [9.17, 15) is 18.0 Å². The van der Waals surface area contributed by atoms with E-state index in [1.807, 2.05) is 0 Å². The van der Waals surface area contributed by atoms with Gasteiger partial charge < -0.3 is 10.6 Å². The number of amides is 1. The minimum atomic E-state index is -4.31. The van der Waals surface area contributed by atoms with Gasteiger partial charge in [-0.1, -0.05) is 6.58 Å². The molecule has 22 heavy (non-hydrogen) atoms. The highest BCUT2D eigenvalue weighted by Gasteiger charge is 2.30. The maximum Gasteiger partial charge on any atom is 0.416 e. The van der Waals surface area contributed by atoms with Crippen molar-refractivity contribution < 1.29 is 18.0 Å². The van der Waals surface area contributed by atoms with E-state index in [1.165, 1.54) is 18.2 Å². The first-order valence-corrected chi connectivity index (χ1v) is 7.25. The van der Waals surface area contributed by atoms with Crippen molar-refractivity contribution in [2.24, 2.45) is 0 Å². The van der Waals surface area contributed by atoms with Crippen molar-refractivity contribution >= 4 is 11.6 Å². The molecule has 120 valence electrons. The standard InChI is InChI=1S/C16H19F3N2O/c1-2-15(22)21-14-9-7-13(8-10-14)20-12-5-3-11(4-6-12)16(17,18)19/h2-6,13-14,20H,1,7-10H2,(H,21,22)/t13-,14+. The zero-order valence-electron chi connectivity index (χ0n) is 12.1. The number of rotatable bonds is 4. The number of carbonyl (C=O) groups is 1. The molecule has 2 rings (SSSR count). The molecule has 0 heterocycles. The number of hydrogen-bond donors (Lipinski definition) is 2. The third kappa shape index (κ3) is 4.51. The van der Waals surface area contributed by atoms with Crippen LogP contribution in [0.2, 0.25) is 0 Å². The molecule has 2 N–H and O–H groups in total. The summed E-state index contributed by atoms with van der Waals surface area (Å²) >= 11 is 0. The van der Waals surface area contributed by atoms with E-state index in [0.717, 1.165) is 37.8 Å². The second kappa shape index (κ2) is 6.85. The summed E-state index contributed by atoms with van der Waals surface area (Å²) in [7, 11) is 0. The highest BCUT2D eigenvalue weighted by atomic mass is 19.4. The van der Waals surface area contributed by atoms with Crippen molar-refractivity contribution in [1.29, 1.82) is 0 Å². The van der Waals surface area contributed by atoms with Crippen molar-refractivity contribution in [2.45, 2.75) is 43.9 Å². The second-order valence-electron chi connectivity index (χ2n) is 5.48. The Morgan fingerprint density at radius 1 is 1.09 bits per heavy atom. The zero-order valence-corrected chi connectivity index (χ0v) is 12.1. The normalized spacial score (nSPS) is 22.0. The Labute approximate surface area is 127 Å². The number of anilines is 1. The molecule has 0 aromatic heterocycles. The molecule has 1 aliphatic rings. The van der Waals surface area contributed by atoms with Gasteiger partial charge in [0.25, 0.3) is 0 Å². The number of carbonyl (C=O) groups excluding carboxylic acids is 1. The number of nitrogens with one attached hydrogen (secondary N) is 2. The summed E-state index contributed by atoms with van der Waals surface area (Å²) in [5.41, 5.74) is 0.0421. The Hall–Kier alpha value is -1.98. The second-order valence-corrected chi connectivity index (χ2v) is 5.48. The third-order valence-corrected chi connectivity index (χ3v) is 3.84. The lowest BCUT2D eigenvalue weighted by atomic mass is 9.91. The molecule has 0 bridgehead atoms. The molecule has 1 aliphatic carbocycles. The molecule has 0 spiro atoms. The maximum atomic E-state index is 12.5. The van der Waals surface area contributed by atoms with Gasteiger partial charge in [-0.2, -0.15) is 13.2 Å². The molecule has 1 fully saturated rings. The summed E-state index contributed by atoms with van der Waals surface area (Å²) in [5.74, 6) is -0.167. The molecular weight excluding hydrogens is 293 g/mol. The molecule has 3 nitrogen and oxygen atoms in total. The minimum Gasteiger partial charge on any atom is -0.382 e. The third-order valence-electron chi connectivity index (χ3n) is 3.84. The Morgan fingerprint density at radius 3 is 2.14 bits per heavy atom. The molecule has 1 amide bonds. The van der Waals surface area contributed by atoms with Crippen LogP contribution in [0.15, 0.2) is 36.9 Å². The van der Waals surface area contributed by atoms with Gasteiger partial charge in [-0.15, -0.1) is 0 Å². The summed E-state index contributed by atoms with van der Waals surface area (Å²) < 4.78 is 37.5. The zero-order chi connectivity index (χ0) is 16.2. The highest BCUT2D eigenvalue weighted by molar-refractivity contribution is 5.87. The van der Waals surface area contributed by atoms with Gasteiger partial charge in [0.15, 0.2) is 0 Å². The van der Waals surface area contributed by atoms with Crippen LogP contribution in [0.4, 0.5) is 18.9 Å². The Morgan fingerprint density at radius 2 is 1.64 bits per heavy atom. The van der Waals surface area contributed by atoms with Crippen LogP contribution in [0, 0.1) is 0 Å². The van der Waals surface area contributed by atoms with Crippen molar-refractivity contribution in [2.75, 3.05) is 5.32 Å². The number of hydrogen-bond acceptors (Lipinski definition) is 2. The Balaban J connectivity index is 1.83. The fourth-order valence-corrected chi connectivity index (χ4v) is 2.63. The van der Waals surface area contributed by atoms with Crippen LogP contribution in [-0.4, -0.2) is 18.0 Å². The molecule has 0 aliphatic heterocycles. The van der Waals surface area contributed by atoms with Crippen LogP contribution in [0.1, 0.15) is 31.2 Å². The number of alkyl halides is 3. The lowest BCUT2D eigenvalue weighted by Crippen LogP contribution is -2.39. The van der Waals surface area contributed by atoms with E-state index in [0.29, 0.717) is 5.69 Å². The van der Waals surface area contributed by atoms with Crippen LogP contribution in [-0.2, 0) is 11.0 Å². The van der Waals surface area contributed by atoms with Crippen molar-refractivity contribution in [3.8, 4) is 0 Å². The molecule has 0 unspecified atom stereocenters. The fraction of sp³-hybridized carbons (Fsp3) is 0.438. The van der Waals surface area contributed by atoms with Gasteiger partial charge in [0.05, 0.1) is 5.56 Å². The van der Waals surface area contributed by atoms with Gasteiger partial charge >= 0.3 is 6.18 Å². The van der Waals surface area contributed by atoms with Crippen LogP contribution in [0.25, 0.3) is 0 Å². The quantitative estimate of drug-likeness (QED) is 0.832. The molecule has 0 saturated heterocycles. The lowest BCUT2D eigenvalue weighted by Gasteiger charge is -2.30. The van der Waals surface area contributed by atoms with Crippen LogP contribution in [0.5, 0.6) is 0 Å². The predicted octanol–water partition coefficient (Wildman–Crippen LogP) is 3.73. The molecule has 1 saturated carbocycles. The summed E-state index contributed by atoms with van der Waals surface area (Å²) in [6.07, 6.45) is 0.370. The van der Waals surface area contributed by atoms with Gasteiger partial charge in [-0.25, -0.2) is 0 Å². The first-order valence-electron chi connectivity index (χ1n) is 7.25. The predicted molar refractivity (Wildman–Crippen MR) is 79.5 cm³/mol. The molecule has 1 aromatic carbocycles. The van der Waals surface area contributed by atoms with E-state index < -0.39 is 11.7 Å². The monoisotopic (exact) mass is 312 g/mol. The molecular formula is C16H19F3N2O. The first kappa shape index (κ1) is 16.4. The van der Waals surface area contributed by atoms with Gasteiger partial charge in [0.1, 0.15) is 0 Å². The van der Waals surface area contributed by atoms with Crippen molar-refractivity contribution in [1.82, 2.24) is 5.32 Å². The average Bonchev–Trinajstić information content (AvgIpc) is 2.49. The van der Waals surface area contributed by atoms with Crippen LogP contribution in [0.3, 0.4) is 0 Å². The van der Waals surface area contributed by atoms with E-state index in [4.69, 9.17) is 0 Å². The first-order chi connectivity index (χ1) is 10.4. The number of benzene rings is 1. The summed E-state index contributed by atoms with van der Waals surface area (Å²) in [6, 6.07) is 5.43. The Bertz CT molecular complexity index is 517. The SMILES string of the molecule is C=CC(=O)N[C@H]1CC[C@@H](Nc2ccc(C(F)(F)F)cc2)CC1. The van der Waals surface area contributed by atoms with E-state index in [1.54, 1.807) is 0 Å². The van der Waals surface area contributed by atoms with Crippen LogP contribution < -0.4 is 10.6 Å². The van der Waals surface area contributed by atoms with Gasteiger partial charge in [0, 0.05) is 17.8 Å². The van der Waals surface area contributed by atoms with E-state index in [-0.39, 0.29) is 18.0 Å². The summed E-state index contributed by atoms with van der Waals surface area (Å²) in [6.45, 7) is 3.42. The van der Waals surface area contributed by atoms with Crippen molar-refractivity contribution in [3.63, 3.8) is 0 Å². The molecule has 0 radical (unpaired) electrons. The van der Waals surface area contributed by atoms with Gasteiger partial charge in [0.2, 0.25) is 5.91 Å². The molecule has 0 atom stereocenters. The highest BCUT2D eigenvalue weighted by Crippen LogP contribution is 2.30. The van der Waals surface area contributed by atoms with Gasteiger partial charge in [-0.05, 0) is 56.0 Å². The van der Waals surface area contributed by atoms with E-state index >= 15 is 0 Å². The molecule has 6 heteroatoms. The largest absolute Gasteiger partial charge is 0.416 e. The average molecular weight is 312 g/mol. The fourth-order valence-electron chi connectivity index (χ4n) is 2.63. The van der Waals surface area contributed by atoms with E-state index in [2.05, 4.69) is 17.2 Å². The Kier molecular flexibility index (Phi) is 5.11. The van der Waals surface area contributed by atoms with Crippen molar-refractivity contribution in [3.05, 3.63) is 42.5 Å². The molecule has 1 aromatic rings. The van der Waals surface area contributed by atoms with Crippen LogP contribution >= 0.6 is 0 Å². The lowest BCUT2D eigenvalue weighted by molar-refractivity contribution is -0.137. The van der Waals surface area contributed by atoms with Gasteiger partial charge in [-0.3, -0.25) is 4.79 Å². The summed E-state index contributed by atoms with van der Waals surface area (Å²) in [5, 5.41) is 6.11.